The third-order valence-corrected chi connectivity index (χ3v) is 3.48. The van der Waals surface area contributed by atoms with E-state index in [1.54, 1.807) is 12.1 Å². The van der Waals surface area contributed by atoms with Crippen molar-refractivity contribution in [3.05, 3.63) is 28.3 Å². The third kappa shape index (κ3) is 4.60. The number of nitro benzene ring substituents is 1. The Balaban J connectivity index is 2.03. The van der Waals surface area contributed by atoms with Crippen molar-refractivity contribution in [2.24, 2.45) is 0 Å². The first-order valence-electron chi connectivity index (χ1n) is 7.48. The molecule has 116 valence electrons. The van der Waals surface area contributed by atoms with Crippen LogP contribution < -0.4 is 15.4 Å². The first-order valence-corrected chi connectivity index (χ1v) is 7.48. The zero-order chi connectivity index (χ0) is 15.2. The van der Waals surface area contributed by atoms with Crippen LogP contribution in [0.25, 0.3) is 0 Å². The van der Waals surface area contributed by atoms with Crippen molar-refractivity contribution in [2.45, 2.75) is 45.3 Å². The first kappa shape index (κ1) is 15.6. The van der Waals surface area contributed by atoms with E-state index < -0.39 is 4.92 Å². The second-order valence-corrected chi connectivity index (χ2v) is 5.63. The van der Waals surface area contributed by atoms with Gasteiger partial charge in [-0.15, -0.1) is 0 Å². The van der Waals surface area contributed by atoms with Gasteiger partial charge in [0.1, 0.15) is 0 Å². The zero-order valence-corrected chi connectivity index (χ0v) is 12.6. The Kier molecular flexibility index (Phi) is 5.38. The molecule has 2 N–H and O–H groups in total. The Morgan fingerprint density at radius 1 is 1.48 bits per heavy atom. The van der Waals surface area contributed by atoms with E-state index >= 15 is 0 Å². The predicted molar refractivity (Wildman–Crippen MR) is 83.0 cm³/mol. The minimum absolute atomic E-state index is 0.00467. The van der Waals surface area contributed by atoms with Gasteiger partial charge in [0.2, 0.25) is 0 Å². The van der Waals surface area contributed by atoms with Crippen molar-refractivity contribution in [2.75, 3.05) is 18.4 Å². The first-order chi connectivity index (χ1) is 10.1. The van der Waals surface area contributed by atoms with Gasteiger partial charge in [0.15, 0.2) is 5.75 Å². The number of ether oxygens (including phenoxy) is 1. The summed E-state index contributed by atoms with van der Waals surface area (Å²) in [6, 6.07) is 5.40. The fourth-order valence-electron chi connectivity index (χ4n) is 2.46. The molecule has 0 spiro atoms. The summed E-state index contributed by atoms with van der Waals surface area (Å²) in [6.45, 7) is 5.60. The molecule has 1 aromatic rings. The lowest BCUT2D eigenvalue weighted by atomic mass is 10.1. The van der Waals surface area contributed by atoms with Crippen molar-refractivity contribution in [3.8, 4) is 5.75 Å². The lowest BCUT2D eigenvalue weighted by Crippen LogP contribution is -2.39. The fourth-order valence-corrected chi connectivity index (χ4v) is 2.46. The predicted octanol–water partition coefficient (Wildman–Crippen LogP) is 2.94. The molecule has 1 unspecified atom stereocenters. The van der Waals surface area contributed by atoms with Crippen LogP contribution in [0.1, 0.15) is 33.1 Å². The summed E-state index contributed by atoms with van der Waals surface area (Å²) < 4.78 is 5.54. The maximum Gasteiger partial charge on any atom is 0.311 e. The van der Waals surface area contributed by atoms with Crippen molar-refractivity contribution in [1.29, 1.82) is 0 Å². The lowest BCUT2D eigenvalue weighted by Gasteiger charge is -2.24. The summed E-state index contributed by atoms with van der Waals surface area (Å²) in [5, 5.41) is 17.8. The molecule has 0 amide bonds. The number of benzene rings is 1. The second-order valence-electron chi connectivity index (χ2n) is 5.63. The Hall–Kier alpha value is -1.82. The molecule has 21 heavy (non-hydrogen) atoms. The molecular weight excluding hydrogens is 270 g/mol. The topological polar surface area (TPSA) is 76.4 Å². The number of piperidine rings is 1. The monoisotopic (exact) mass is 293 g/mol. The van der Waals surface area contributed by atoms with Crippen molar-refractivity contribution < 1.29 is 9.66 Å². The smallest absolute Gasteiger partial charge is 0.311 e. The second kappa shape index (κ2) is 7.26. The van der Waals surface area contributed by atoms with Crippen LogP contribution in [0.3, 0.4) is 0 Å². The highest BCUT2D eigenvalue weighted by molar-refractivity contribution is 5.58. The highest BCUT2D eigenvalue weighted by Crippen LogP contribution is 2.31. The number of hydrogen-bond donors (Lipinski definition) is 2. The van der Waals surface area contributed by atoms with Crippen LogP contribution >= 0.6 is 0 Å². The number of nitro groups is 1. The van der Waals surface area contributed by atoms with Crippen LogP contribution in [-0.4, -0.2) is 30.2 Å². The number of hydrogen-bond acceptors (Lipinski definition) is 5. The van der Waals surface area contributed by atoms with Gasteiger partial charge in [0.25, 0.3) is 0 Å². The molecule has 0 bridgehead atoms. The van der Waals surface area contributed by atoms with Crippen molar-refractivity contribution in [3.63, 3.8) is 0 Å². The Labute approximate surface area is 125 Å². The largest absolute Gasteiger partial charge is 0.484 e. The van der Waals surface area contributed by atoms with Gasteiger partial charge in [-0.2, -0.15) is 0 Å². The van der Waals surface area contributed by atoms with Gasteiger partial charge >= 0.3 is 5.69 Å². The molecule has 1 aliphatic rings. The number of nitrogens with one attached hydrogen (secondary N) is 2. The van der Waals surface area contributed by atoms with Crippen molar-refractivity contribution in [1.82, 2.24) is 5.32 Å². The summed E-state index contributed by atoms with van der Waals surface area (Å²) in [6.07, 6.45) is 3.55. The van der Waals surface area contributed by atoms with Gasteiger partial charge in [-0.05, 0) is 39.3 Å². The molecule has 0 saturated carbocycles. The molecule has 0 radical (unpaired) electrons. The van der Waals surface area contributed by atoms with E-state index in [1.807, 2.05) is 13.8 Å². The quantitative estimate of drug-likeness (QED) is 0.623. The maximum absolute atomic E-state index is 11.0. The molecule has 0 aliphatic carbocycles. The van der Waals surface area contributed by atoms with Gasteiger partial charge in [-0.1, -0.05) is 6.42 Å². The Bertz CT molecular complexity index is 485. The van der Waals surface area contributed by atoms with E-state index in [4.69, 9.17) is 4.74 Å². The molecule has 1 aliphatic heterocycles. The molecule has 1 aromatic carbocycles. The summed E-state index contributed by atoms with van der Waals surface area (Å²) >= 11 is 0. The average Bonchev–Trinajstić information content (AvgIpc) is 2.45. The normalized spacial score (nSPS) is 18.5. The molecule has 1 saturated heterocycles. The summed E-state index contributed by atoms with van der Waals surface area (Å²) in [7, 11) is 0. The molecule has 1 heterocycles. The van der Waals surface area contributed by atoms with Crippen molar-refractivity contribution >= 4 is 11.4 Å². The van der Waals surface area contributed by atoms with E-state index in [9.17, 15) is 10.1 Å². The minimum atomic E-state index is -0.413. The molecule has 6 nitrogen and oxygen atoms in total. The SMILES string of the molecule is CC(C)Oc1cc(NCC2CCCCN2)ccc1[N+](=O)[O-]. The van der Waals surface area contributed by atoms with E-state index in [1.165, 1.54) is 18.9 Å². The van der Waals surface area contributed by atoms with Gasteiger partial charge < -0.3 is 15.4 Å². The highest BCUT2D eigenvalue weighted by Gasteiger charge is 2.17. The summed E-state index contributed by atoms with van der Waals surface area (Å²) in [5.41, 5.74) is 0.855. The summed E-state index contributed by atoms with van der Waals surface area (Å²) in [4.78, 5) is 10.6. The van der Waals surface area contributed by atoms with E-state index in [2.05, 4.69) is 10.6 Å². The number of anilines is 1. The third-order valence-electron chi connectivity index (χ3n) is 3.48. The highest BCUT2D eigenvalue weighted by atomic mass is 16.6. The molecule has 6 heteroatoms. The van der Waals surface area contributed by atoms with Crippen LogP contribution in [0.5, 0.6) is 5.75 Å². The average molecular weight is 293 g/mol. The van der Waals surface area contributed by atoms with Crippen LogP contribution in [-0.2, 0) is 0 Å². The van der Waals surface area contributed by atoms with Gasteiger partial charge in [-0.3, -0.25) is 10.1 Å². The van der Waals surface area contributed by atoms with E-state index in [0.29, 0.717) is 11.8 Å². The van der Waals surface area contributed by atoms with Crippen LogP contribution in [0, 0.1) is 10.1 Å². The molecule has 2 rings (SSSR count). The molecular formula is C15H23N3O3. The Morgan fingerprint density at radius 3 is 2.90 bits per heavy atom. The maximum atomic E-state index is 11.0. The zero-order valence-electron chi connectivity index (χ0n) is 12.6. The minimum Gasteiger partial charge on any atom is -0.484 e. The molecule has 1 fully saturated rings. The number of nitrogens with zero attached hydrogens (tertiary/aromatic N) is 1. The standard InChI is InChI=1S/C15H23N3O3/c1-11(2)21-15-9-12(6-7-14(15)18(19)20)17-10-13-5-3-4-8-16-13/h6-7,9,11,13,16-17H,3-5,8,10H2,1-2H3. The van der Waals surface area contributed by atoms with Gasteiger partial charge in [0, 0.05) is 30.4 Å². The van der Waals surface area contributed by atoms with E-state index in [0.717, 1.165) is 25.2 Å². The van der Waals surface area contributed by atoms with Crippen LogP contribution in [0.15, 0.2) is 18.2 Å². The Morgan fingerprint density at radius 2 is 2.29 bits per heavy atom. The lowest BCUT2D eigenvalue weighted by molar-refractivity contribution is -0.386. The van der Waals surface area contributed by atoms with Gasteiger partial charge in [0.05, 0.1) is 11.0 Å². The molecule has 0 aromatic heterocycles. The van der Waals surface area contributed by atoms with Gasteiger partial charge in [-0.25, -0.2) is 0 Å². The summed E-state index contributed by atoms with van der Waals surface area (Å²) in [5.74, 6) is 0.316. The van der Waals surface area contributed by atoms with Crippen LogP contribution in [0.4, 0.5) is 11.4 Å². The number of rotatable bonds is 6. The van der Waals surface area contributed by atoms with Crippen LogP contribution in [0.2, 0.25) is 0 Å². The fraction of sp³-hybridized carbons (Fsp3) is 0.600. The van der Waals surface area contributed by atoms with E-state index in [-0.39, 0.29) is 11.8 Å². The molecule has 1 atom stereocenters.